The maximum atomic E-state index is 10.9. The maximum absolute atomic E-state index is 10.9. The number of allylic oxidation sites excluding steroid dienone is 1. The number of nitrogens with one attached hydrogen (secondary N) is 1. The monoisotopic (exact) mass is 597 g/mol. The average molecular weight is 598 g/mol. The Hall–Kier alpha value is -6.22. The highest BCUT2D eigenvalue weighted by Gasteiger charge is 2.21. The van der Waals surface area contributed by atoms with E-state index < -0.39 is 25.2 Å². The van der Waals surface area contributed by atoms with Gasteiger partial charge in [0.15, 0.2) is 19.0 Å². The van der Waals surface area contributed by atoms with Gasteiger partial charge >= 0.3 is 11.9 Å². The second-order valence-corrected chi connectivity index (χ2v) is 10.1. The van der Waals surface area contributed by atoms with Crippen molar-refractivity contribution in [3.8, 4) is 33.9 Å². The average Bonchev–Trinajstić information content (AvgIpc) is 3.69. The summed E-state index contributed by atoms with van der Waals surface area (Å²) in [6.07, 6.45) is 1.99. The third-order valence-electron chi connectivity index (χ3n) is 6.97. The quantitative estimate of drug-likeness (QED) is 0.152. The minimum absolute atomic E-state index is 0.413. The topological polar surface area (TPSA) is 134 Å². The van der Waals surface area contributed by atoms with Crippen molar-refractivity contribution in [2.45, 2.75) is 0 Å². The molecule has 0 spiro atoms. The zero-order valence-corrected chi connectivity index (χ0v) is 23.9. The first kappa shape index (κ1) is 28.9. The third-order valence-corrected chi connectivity index (χ3v) is 6.97. The van der Waals surface area contributed by atoms with Gasteiger partial charge in [0, 0.05) is 22.4 Å². The lowest BCUT2D eigenvalue weighted by atomic mass is 10.0. The molecule has 0 aliphatic carbocycles. The van der Waals surface area contributed by atoms with E-state index in [1.165, 1.54) is 0 Å². The minimum atomic E-state index is -1.04. The molecule has 0 radical (unpaired) electrons. The van der Waals surface area contributed by atoms with Crippen molar-refractivity contribution < 1.29 is 29.3 Å². The van der Waals surface area contributed by atoms with Crippen LogP contribution in [0.2, 0.25) is 0 Å². The van der Waals surface area contributed by atoms with Gasteiger partial charge in [0.25, 0.3) is 0 Å². The summed E-state index contributed by atoms with van der Waals surface area (Å²) in [5.74, 6) is -0.00738. The number of hydrogen-bond acceptors (Lipinski definition) is 5. The molecule has 222 valence electrons. The van der Waals surface area contributed by atoms with E-state index in [-0.39, 0.29) is 0 Å². The molecule has 6 rings (SSSR count). The smallest absolute Gasteiger partial charge is 0.341 e. The van der Waals surface area contributed by atoms with Crippen LogP contribution in [-0.4, -0.2) is 51.9 Å². The Morgan fingerprint density at radius 1 is 0.667 bits per heavy atom. The summed E-state index contributed by atoms with van der Waals surface area (Å²) in [5, 5.41) is 17.8. The highest BCUT2D eigenvalue weighted by Crippen LogP contribution is 2.37. The van der Waals surface area contributed by atoms with Crippen LogP contribution in [0, 0.1) is 0 Å². The number of aromatic amines is 1. The van der Waals surface area contributed by atoms with Crippen molar-refractivity contribution in [2.75, 3.05) is 13.2 Å². The van der Waals surface area contributed by atoms with Crippen LogP contribution in [0.5, 0.6) is 11.5 Å². The molecule has 0 atom stereocenters. The van der Waals surface area contributed by atoms with Gasteiger partial charge in [-0.15, -0.1) is 0 Å². The standard InChI is InChI=1S/C36H27N3O6/c40-33(41)21-44-27-15-11-25(12-16-27)31-19-29(23-7-3-1-4-8-23)35(37-31)39-36-30(24-9-5-2-6-10-24)20-32(38-36)26-13-17-28(18-14-26)45-22-34(42)43/h1-20,37H,21-22H2,(H,40,41)(H,42,43)/b39-36-. The number of amidine groups is 1. The molecule has 0 saturated carbocycles. The first-order chi connectivity index (χ1) is 21.9. The number of benzene rings is 4. The lowest BCUT2D eigenvalue weighted by Gasteiger charge is -2.05. The molecule has 1 aliphatic heterocycles. The van der Waals surface area contributed by atoms with E-state index >= 15 is 0 Å². The molecule has 0 saturated heterocycles. The number of rotatable bonds is 11. The first-order valence-electron chi connectivity index (χ1n) is 14.1. The number of nitrogens with zero attached hydrogens (tertiary/aromatic N) is 2. The van der Waals surface area contributed by atoms with Crippen LogP contribution in [0.1, 0.15) is 11.1 Å². The summed E-state index contributed by atoms with van der Waals surface area (Å²) < 4.78 is 10.6. The molecule has 1 aliphatic rings. The van der Waals surface area contributed by atoms with Crippen LogP contribution in [0.3, 0.4) is 0 Å². The lowest BCUT2D eigenvalue weighted by molar-refractivity contribution is -0.140. The molecule has 1 aromatic heterocycles. The fourth-order valence-electron chi connectivity index (χ4n) is 4.84. The van der Waals surface area contributed by atoms with E-state index in [0.29, 0.717) is 28.9 Å². The third kappa shape index (κ3) is 6.89. The van der Waals surface area contributed by atoms with Gasteiger partial charge in [0.05, 0.1) is 5.71 Å². The number of carbonyl (C=O) groups is 2. The highest BCUT2D eigenvalue weighted by atomic mass is 16.5. The van der Waals surface area contributed by atoms with Gasteiger partial charge in [-0.2, -0.15) is 0 Å². The summed E-state index contributed by atoms with van der Waals surface area (Å²) in [6, 6.07) is 36.2. The molecule has 45 heavy (non-hydrogen) atoms. The van der Waals surface area contributed by atoms with E-state index in [2.05, 4.69) is 4.98 Å². The van der Waals surface area contributed by atoms with E-state index in [4.69, 9.17) is 29.7 Å². The number of carboxylic acid groups (broad SMARTS) is 2. The van der Waals surface area contributed by atoms with Crippen molar-refractivity contribution >= 4 is 34.9 Å². The Bertz CT molecular complexity index is 1920. The minimum Gasteiger partial charge on any atom is -0.482 e. The van der Waals surface area contributed by atoms with Gasteiger partial charge in [-0.1, -0.05) is 60.7 Å². The molecule has 0 bridgehead atoms. The zero-order chi connectivity index (χ0) is 31.2. The molecule has 0 amide bonds. The van der Waals surface area contributed by atoms with Crippen LogP contribution in [0.4, 0.5) is 5.82 Å². The van der Waals surface area contributed by atoms with Gasteiger partial charge in [0.1, 0.15) is 17.3 Å². The van der Waals surface area contributed by atoms with E-state index in [1.54, 1.807) is 24.3 Å². The second kappa shape index (κ2) is 13.0. The summed E-state index contributed by atoms with van der Waals surface area (Å²) in [7, 11) is 0. The molecule has 2 heterocycles. The van der Waals surface area contributed by atoms with Gasteiger partial charge in [0.2, 0.25) is 0 Å². The van der Waals surface area contributed by atoms with Crippen LogP contribution >= 0.6 is 0 Å². The first-order valence-corrected chi connectivity index (χ1v) is 14.1. The number of ether oxygens (including phenoxy) is 2. The molecule has 4 aromatic carbocycles. The largest absolute Gasteiger partial charge is 0.482 e. The lowest BCUT2D eigenvalue weighted by Crippen LogP contribution is -2.09. The van der Waals surface area contributed by atoms with Crippen molar-refractivity contribution in [2.24, 2.45) is 9.98 Å². The van der Waals surface area contributed by atoms with Crippen molar-refractivity contribution in [1.29, 1.82) is 0 Å². The van der Waals surface area contributed by atoms with E-state index in [0.717, 1.165) is 39.1 Å². The van der Waals surface area contributed by atoms with Crippen molar-refractivity contribution in [3.63, 3.8) is 0 Å². The number of aliphatic imine (C=N–C) groups is 2. The van der Waals surface area contributed by atoms with Crippen molar-refractivity contribution in [3.05, 3.63) is 132 Å². The molecule has 3 N–H and O–H groups in total. The molecule has 9 heteroatoms. The summed E-state index contributed by atoms with van der Waals surface area (Å²) in [5.41, 5.74) is 6.92. The maximum Gasteiger partial charge on any atom is 0.341 e. The predicted molar refractivity (Wildman–Crippen MR) is 172 cm³/mol. The number of carboxylic acids is 2. The Balaban J connectivity index is 1.39. The summed E-state index contributed by atoms with van der Waals surface area (Å²) >= 11 is 0. The van der Waals surface area contributed by atoms with E-state index in [1.807, 2.05) is 97.1 Å². The zero-order valence-electron chi connectivity index (χ0n) is 23.9. The van der Waals surface area contributed by atoms with Gasteiger partial charge in [-0.3, -0.25) is 0 Å². The van der Waals surface area contributed by atoms with Crippen LogP contribution in [0.25, 0.3) is 28.0 Å². The van der Waals surface area contributed by atoms with Crippen LogP contribution in [0.15, 0.2) is 131 Å². The Kier molecular flexibility index (Phi) is 8.32. The SMILES string of the molecule is O=C(O)COc1ccc(C2=N/C(=N\c3[nH]c(-c4ccc(OCC(=O)O)cc4)cc3-c3ccccc3)C(c3ccccc3)=C2)cc1. The Labute approximate surface area is 258 Å². The normalized spacial score (nSPS) is 13.3. The number of aliphatic carboxylic acids is 2. The van der Waals surface area contributed by atoms with Gasteiger partial charge < -0.3 is 24.7 Å². The molecule has 0 unspecified atom stereocenters. The fraction of sp³-hybridized carbons (Fsp3) is 0.0556. The van der Waals surface area contributed by atoms with Crippen LogP contribution in [-0.2, 0) is 9.59 Å². The van der Waals surface area contributed by atoms with Crippen molar-refractivity contribution in [1.82, 2.24) is 4.98 Å². The van der Waals surface area contributed by atoms with E-state index in [9.17, 15) is 9.59 Å². The predicted octanol–water partition coefficient (Wildman–Crippen LogP) is 6.89. The highest BCUT2D eigenvalue weighted by molar-refractivity contribution is 6.38. The fourth-order valence-corrected chi connectivity index (χ4v) is 4.84. The van der Waals surface area contributed by atoms with Gasteiger partial charge in [-0.05, 0) is 77.4 Å². The number of aromatic nitrogens is 1. The molecular weight excluding hydrogens is 570 g/mol. The second-order valence-electron chi connectivity index (χ2n) is 10.1. The molecule has 9 nitrogen and oxygen atoms in total. The number of hydrogen-bond donors (Lipinski definition) is 3. The Morgan fingerprint density at radius 3 is 1.76 bits per heavy atom. The molecule has 0 fully saturated rings. The Morgan fingerprint density at radius 2 is 1.20 bits per heavy atom. The molecular formula is C36H27N3O6. The summed E-state index contributed by atoms with van der Waals surface area (Å²) in [4.78, 5) is 35.2. The van der Waals surface area contributed by atoms with Crippen LogP contribution < -0.4 is 9.47 Å². The number of H-pyrrole nitrogens is 1. The van der Waals surface area contributed by atoms with Gasteiger partial charge in [-0.25, -0.2) is 19.6 Å². The molecule has 5 aromatic rings. The summed E-state index contributed by atoms with van der Waals surface area (Å²) in [6.45, 7) is -0.830.